The van der Waals surface area contributed by atoms with E-state index < -0.39 is 0 Å². The van der Waals surface area contributed by atoms with Gasteiger partial charge in [0.15, 0.2) is 0 Å². The number of amides is 2. The van der Waals surface area contributed by atoms with Crippen LogP contribution in [-0.2, 0) is 0 Å². The van der Waals surface area contributed by atoms with Gasteiger partial charge in [-0.05, 0) is 13.8 Å². The second-order valence-corrected chi connectivity index (χ2v) is 1.39. The van der Waals surface area contributed by atoms with Crippen LogP contribution in [0.4, 0.5) is 4.79 Å². The average Bonchev–Trinajstić information content (AvgIpc) is 1.68. The number of carbonyl (C=O) groups is 1. The molecule has 2 N–H and O–H groups in total. The predicted octanol–water partition coefficient (Wildman–Crippen LogP) is 0.325. The maximum Gasteiger partial charge on any atom is 0.314 e. The fourth-order valence-electron chi connectivity index (χ4n) is 0.384. The monoisotopic (exact) mass is 116 g/mol. The van der Waals surface area contributed by atoms with Gasteiger partial charge in [-0.2, -0.15) is 0 Å². The van der Waals surface area contributed by atoms with Crippen LogP contribution in [0.3, 0.4) is 0 Å². The molecule has 0 fully saturated rings. The Morgan fingerprint density at radius 3 is 1.88 bits per heavy atom. The van der Waals surface area contributed by atoms with Crippen LogP contribution in [0.1, 0.15) is 13.8 Å². The number of hydrogen-bond donors (Lipinski definition) is 2. The summed E-state index contributed by atoms with van der Waals surface area (Å²) in [5, 5.41) is 5.19. The van der Waals surface area contributed by atoms with Gasteiger partial charge < -0.3 is 10.6 Å². The van der Waals surface area contributed by atoms with Gasteiger partial charge in [0.2, 0.25) is 0 Å². The van der Waals surface area contributed by atoms with Crippen molar-refractivity contribution >= 4 is 6.03 Å². The zero-order valence-corrected chi connectivity index (χ0v) is 5.32. The summed E-state index contributed by atoms with van der Waals surface area (Å²) in [5.41, 5.74) is 0. The fraction of sp³-hybridized carbons (Fsp3) is 0.800. The Bertz CT molecular complexity index is 64.8. The highest BCUT2D eigenvalue weighted by Gasteiger charge is 1.89. The van der Waals surface area contributed by atoms with Gasteiger partial charge in [-0.1, -0.05) is 0 Å². The molecule has 0 spiro atoms. The lowest BCUT2D eigenvalue weighted by molar-refractivity contribution is 0.242. The molecule has 0 aromatic heterocycles. The first-order valence-electron chi connectivity index (χ1n) is 2.83. The lowest BCUT2D eigenvalue weighted by Crippen LogP contribution is -2.34. The van der Waals surface area contributed by atoms with Crippen molar-refractivity contribution < 1.29 is 4.79 Å². The Kier molecular flexibility index (Phi) is 4.03. The van der Waals surface area contributed by atoms with E-state index in [0.717, 1.165) is 0 Å². The van der Waals surface area contributed by atoms with Gasteiger partial charge in [0.25, 0.3) is 0 Å². The van der Waals surface area contributed by atoms with E-state index in [2.05, 4.69) is 10.6 Å². The Labute approximate surface area is 49.5 Å². The van der Waals surface area contributed by atoms with Gasteiger partial charge >= 0.3 is 6.03 Å². The highest BCUT2D eigenvalue weighted by Crippen LogP contribution is 1.60. The van der Waals surface area contributed by atoms with E-state index in [-0.39, 0.29) is 6.03 Å². The van der Waals surface area contributed by atoms with Crippen molar-refractivity contribution in [2.24, 2.45) is 0 Å². The van der Waals surface area contributed by atoms with E-state index >= 15 is 0 Å². The van der Waals surface area contributed by atoms with Crippen molar-refractivity contribution in [3.05, 3.63) is 0 Å². The Morgan fingerprint density at radius 2 is 1.62 bits per heavy atom. The fourth-order valence-corrected chi connectivity index (χ4v) is 0.384. The number of carbonyl (C=O) groups excluding carboxylic acids is 1. The zero-order chi connectivity index (χ0) is 6.41. The van der Waals surface area contributed by atoms with E-state index in [1.54, 1.807) is 0 Å². The van der Waals surface area contributed by atoms with Gasteiger partial charge in [0.05, 0.1) is 0 Å². The van der Waals surface area contributed by atoms with Gasteiger partial charge in [0, 0.05) is 13.1 Å². The van der Waals surface area contributed by atoms with Crippen LogP contribution in [0, 0.1) is 0 Å². The summed E-state index contributed by atoms with van der Waals surface area (Å²) in [6.07, 6.45) is 0. The molecule has 0 heterocycles. The number of nitrogens with one attached hydrogen (secondary N) is 2. The summed E-state index contributed by atoms with van der Waals surface area (Å²) in [6.45, 7) is 5.14. The van der Waals surface area contributed by atoms with Crippen molar-refractivity contribution in [2.75, 3.05) is 13.1 Å². The van der Waals surface area contributed by atoms with E-state index in [1.807, 2.05) is 13.8 Å². The van der Waals surface area contributed by atoms with Gasteiger partial charge in [-0.15, -0.1) is 0 Å². The zero-order valence-electron chi connectivity index (χ0n) is 5.32. The molecule has 48 valence electrons. The summed E-state index contributed by atoms with van der Waals surface area (Å²) < 4.78 is 0. The van der Waals surface area contributed by atoms with Gasteiger partial charge in [-0.25, -0.2) is 4.79 Å². The van der Waals surface area contributed by atoms with Crippen LogP contribution in [0.15, 0.2) is 0 Å². The second-order valence-electron chi connectivity index (χ2n) is 1.39. The SMILES string of the molecule is CCNC(=O)NCC. The van der Waals surface area contributed by atoms with Crippen molar-refractivity contribution in [3.8, 4) is 0 Å². The second kappa shape index (κ2) is 4.43. The van der Waals surface area contributed by atoms with Crippen LogP contribution in [0.5, 0.6) is 0 Å². The number of hydrogen-bond acceptors (Lipinski definition) is 1. The average molecular weight is 116 g/mol. The lowest BCUT2D eigenvalue weighted by atomic mass is 10.7. The maximum atomic E-state index is 10.4. The molecule has 0 radical (unpaired) electrons. The van der Waals surface area contributed by atoms with Crippen molar-refractivity contribution in [1.29, 1.82) is 0 Å². The molecule has 0 rings (SSSR count). The summed E-state index contributed by atoms with van der Waals surface area (Å²) in [5.74, 6) is 0. The molecule has 0 aliphatic rings. The molecule has 0 saturated carbocycles. The largest absolute Gasteiger partial charge is 0.338 e. The van der Waals surface area contributed by atoms with Crippen molar-refractivity contribution in [3.63, 3.8) is 0 Å². The normalized spacial score (nSPS) is 8.25. The van der Waals surface area contributed by atoms with Gasteiger partial charge in [-0.3, -0.25) is 0 Å². The topological polar surface area (TPSA) is 41.1 Å². The summed E-state index contributed by atoms with van der Waals surface area (Å²) in [4.78, 5) is 10.4. The predicted molar refractivity (Wildman–Crippen MR) is 32.7 cm³/mol. The van der Waals surface area contributed by atoms with Crippen LogP contribution in [0.2, 0.25) is 0 Å². The molecular formula is C5H12N2O. The minimum Gasteiger partial charge on any atom is -0.338 e. The van der Waals surface area contributed by atoms with Crippen molar-refractivity contribution in [2.45, 2.75) is 13.8 Å². The summed E-state index contributed by atoms with van der Waals surface area (Å²) in [7, 11) is 0. The molecule has 0 aromatic rings. The molecule has 0 aliphatic heterocycles. The van der Waals surface area contributed by atoms with Crippen molar-refractivity contribution in [1.82, 2.24) is 10.6 Å². The Hall–Kier alpha value is -0.730. The first kappa shape index (κ1) is 7.27. The molecule has 3 nitrogen and oxygen atoms in total. The number of urea groups is 1. The standard InChI is InChI=1S/C5H12N2O/c1-3-6-5(8)7-4-2/h3-4H2,1-2H3,(H2,6,7,8). The third-order valence-electron chi connectivity index (χ3n) is 0.675. The lowest BCUT2D eigenvalue weighted by Gasteiger charge is -1.99. The highest BCUT2D eigenvalue weighted by molar-refractivity contribution is 5.73. The molecule has 0 unspecified atom stereocenters. The quantitative estimate of drug-likeness (QED) is 0.536. The Balaban J connectivity index is 3.06. The highest BCUT2D eigenvalue weighted by atomic mass is 16.2. The first-order chi connectivity index (χ1) is 3.81. The first-order valence-corrected chi connectivity index (χ1v) is 2.83. The van der Waals surface area contributed by atoms with Gasteiger partial charge in [0.1, 0.15) is 0 Å². The smallest absolute Gasteiger partial charge is 0.314 e. The molecule has 3 heteroatoms. The minimum atomic E-state index is -0.0880. The molecular weight excluding hydrogens is 104 g/mol. The molecule has 0 bridgehead atoms. The molecule has 8 heavy (non-hydrogen) atoms. The van der Waals surface area contributed by atoms with E-state index in [1.165, 1.54) is 0 Å². The maximum absolute atomic E-state index is 10.4. The van der Waals surface area contributed by atoms with Crippen LogP contribution in [0.25, 0.3) is 0 Å². The van der Waals surface area contributed by atoms with E-state index in [0.29, 0.717) is 13.1 Å². The van der Waals surface area contributed by atoms with Crippen LogP contribution < -0.4 is 10.6 Å². The summed E-state index contributed by atoms with van der Waals surface area (Å²) in [6, 6.07) is -0.0880. The summed E-state index contributed by atoms with van der Waals surface area (Å²) >= 11 is 0. The third-order valence-corrected chi connectivity index (χ3v) is 0.675. The molecule has 0 atom stereocenters. The molecule has 2 amide bonds. The van der Waals surface area contributed by atoms with Crippen LogP contribution in [-0.4, -0.2) is 19.1 Å². The molecule has 0 saturated heterocycles. The van der Waals surface area contributed by atoms with E-state index in [4.69, 9.17) is 0 Å². The Morgan fingerprint density at radius 1 is 1.25 bits per heavy atom. The molecule has 0 aliphatic carbocycles. The van der Waals surface area contributed by atoms with E-state index in [9.17, 15) is 4.79 Å². The molecule has 0 aromatic carbocycles. The number of rotatable bonds is 2. The van der Waals surface area contributed by atoms with Crippen LogP contribution >= 0.6 is 0 Å². The minimum absolute atomic E-state index is 0.0880. The third kappa shape index (κ3) is 3.46.